The van der Waals surface area contributed by atoms with Crippen LogP contribution in [0.1, 0.15) is 16.8 Å². The normalized spacial score (nSPS) is 42.9. The van der Waals surface area contributed by atoms with Crippen molar-refractivity contribution >= 4 is 6.29 Å². The first-order chi connectivity index (χ1) is 21.0. The smallest absolute Gasteiger partial charge is 0.187 e. The largest absolute Gasteiger partial charge is 0.493 e. The van der Waals surface area contributed by atoms with Crippen molar-refractivity contribution in [1.29, 1.82) is 0 Å². The number of aliphatic hydroxyl groups is 10. The average Bonchev–Trinajstić information content (AvgIpc) is 3.03. The van der Waals surface area contributed by atoms with Gasteiger partial charge >= 0.3 is 0 Å². The maximum atomic E-state index is 11.2. The summed E-state index contributed by atoms with van der Waals surface area (Å²) < 4.78 is 33.4. The highest BCUT2D eigenvalue weighted by molar-refractivity contribution is 5.76. The molecule has 1 aromatic rings. The molecule has 0 spiro atoms. The van der Waals surface area contributed by atoms with E-state index in [1.807, 2.05) is 0 Å². The Morgan fingerprint density at radius 2 is 1.32 bits per heavy atom. The van der Waals surface area contributed by atoms with Gasteiger partial charge in [0.1, 0.15) is 73.4 Å². The van der Waals surface area contributed by atoms with Crippen LogP contribution in [-0.4, -0.2) is 170 Å². The third-order valence-corrected chi connectivity index (χ3v) is 8.16. The molecule has 0 radical (unpaired) electrons. The lowest BCUT2D eigenvalue weighted by molar-refractivity contribution is -0.370. The lowest BCUT2D eigenvalue weighted by Crippen LogP contribution is -2.66. The van der Waals surface area contributed by atoms with Crippen molar-refractivity contribution in [3.05, 3.63) is 23.8 Å². The Hall–Kier alpha value is -2.07. The van der Waals surface area contributed by atoms with Crippen molar-refractivity contribution in [3.63, 3.8) is 0 Å². The molecule has 10 N–H and O–H groups in total. The van der Waals surface area contributed by atoms with Crippen LogP contribution in [0.2, 0.25) is 0 Å². The van der Waals surface area contributed by atoms with E-state index in [2.05, 4.69) is 0 Å². The maximum absolute atomic E-state index is 11.2. The Bertz CT molecular complexity index is 1070. The predicted molar refractivity (Wildman–Crippen MR) is 141 cm³/mol. The molecular weight excluding hydrogens is 596 g/mol. The number of hydrogen-bond acceptors (Lipinski definition) is 17. The van der Waals surface area contributed by atoms with Gasteiger partial charge in [0.15, 0.2) is 24.1 Å². The van der Waals surface area contributed by atoms with E-state index in [0.29, 0.717) is 11.8 Å². The zero-order valence-electron chi connectivity index (χ0n) is 23.6. The summed E-state index contributed by atoms with van der Waals surface area (Å²) in [4.78, 5) is 11.1. The van der Waals surface area contributed by atoms with Crippen molar-refractivity contribution in [2.24, 2.45) is 5.92 Å². The van der Waals surface area contributed by atoms with Gasteiger partial charge in [-0.2, -0.15) is 0 Å². The van der Waals surface area contributed by atoms with Crippen LogP contribution in [0.5, 0.6) is 11.5 Å². The van der Waals surface area contributed by atoms with Crippen LogP contribution >= 0.6 is 0 Å². The zero-order chi connectivity index (χ0) is 32.3. The summed E-state index contributed by atoms with van der Waals surface area (Å²) >= 11 is 0. The van der Waals surface area contributed by atoms with Crippen molar-refractivity contribution in [2.75, 3.05) is 26.9 Å². The molecule has 1 aromatic carbocycles. The van der Waals surface area contributed by atoms with Crippen LogP contribution in [0.3, 0.4) is 0 Å². The number of hydrogen-bond donors (Lipinski definition) is 10. The molecule has 2 saturated heterocycles. The molecule has 17 nitrogen and oxygen atoms in total. The number of methoxy groups -OCH3 is 1. The first-order valence-corrected chi connectivity index (χ1v) is 14.0. The van der Waals surface area contributed by atoms with Crippen molar-refractivity contribution in [2.45, 2.75) is 92.2 Å². The van der Waals surface area contributed by atoms with Gasteiger partial charge in [0.05, 0.1) is 26.4 Å². The molecule has 4 rings (SSSR count). The van der Waals surface area contributed by atoms with Gasteiger partial charge in [-0.3, -0.25) is 4.79 Å². The Kier molecular flexibility index (Phi) is 11.9. The Labute approximate surface area is 251 Å². The second-order valence-electron chi connectivity index (χ2n) is 10.9. The summed E-state index contributed by atoms with van der Waals surface area (Å²) in [6.07, 6.45) is -22.5. The fourth-order valence-electron chi connectivity index (χ4n) is 5.55. The molecule has 3 aliphatic rings. The van der Waals surface area contributed by atoms with E-state index in [1.165, 1.54) is 25.3 Å². The third-order valence-electron chi connectivity index (χ3n) is 8.16. The number of carbonyl (C=O) groups is 1. The molecule has 17 heteroatoms. The Morgan fingerprint density at radius 1 is 0.727 bits per heavy atom. The summed E-state index contributed by atoms with van der Waals surface area (Å²) in [5, 5.41) is 104. The van der Waals surface area contributed by atoms with E-state index >= 15 is 0 Å². The van der Waals surface area contributed by atoms with Crippen LogP contribution in [0.25, 0.3) is 0 Å². The molecule has 0 amide bonds. The number of aliphatic hydroxyl groups excluding tert-OH is 10. The molecule has 250 valence electrons. The van der Waals surface area contributed by atoms with Gasteiger partial charge in [0, 0.05) is 18.1 Å². The van der Waals surface area contributed by atoms with E-state index in [-0.39, 0.29) is 17.9 Å². The summed E-state index contributed by atoms with van der Waals surface area (Å²) in [5.41, 5.74) is 0.299. The van der Waals surface area contributed by atoms with E-state index in [1.54, 1.807) is 0 Å². The van der Waals surface area contributed by atoms with Crippen LogP contribution in [0, 0.1) is 5.92 Å². The fourth-order valence-corrected chi connectivity index (χ4v) is 5.55. The molecule has 1 aliphatic carbocycles. The first kappa shape index (κ1) is 34.8. The number of carbonyl (C=O) groups excluding carboxylic acids is 1. The van der Waals surface area contributed by atoms with E-state index < -0.39 is 112 Å². The summed E-state index contributed by atoms with van der Waals surface area (Å²) in [7, 11) is 1.34. The predicted octanol–water partition coefficient (Wildman–Crippen LogP) is -5.00. The van der Waals surface area contributed by atoms with Gasteiger partial charge in [-0.15, -0.1) is 0 Å². The van der Waals surface area contributed by atoms with Crippen LogP contribution in [-0.2, 0) is 18.9 Å². The maximum Gasteiger partial charge on any atom is 0.187 e. The van der Waals surface area contributed by atoms with Gasteiger partial charge in [-0.1, -0.05) is 0 Å². The minimum absolute atomic E-state index is 0.0494. The van der Waals surface area contributed by atoms with Crippen molar-refractivity contribution in [1.82, 2.24) is 0 Å². The van der Waals surface area contributed by atoms with Gasteiger partial charge in [0.25, 0.3) is 0 Å². The van der Waals surface area contributed by atoms with Crippen LogP contribution in [0.4, 0.5) is 0 Å². The van der Waals surface area contributed by atoms with Crippen LogP contribution in [0.15, 0.2) is 18.2 Å². The minimum Gasteiger partial charge on any atom is -0.493 e. The number of rotatable bonds is 11. The molecule has 44 heavy (non-hydrogen) atoms. The quantitative estimate of drug-likeness (QED) is 0.102. The summed E-state index contributed by atoms with van der Waals surface area (Å²) in [6.45, 7) is -2.14. The molecule has 0 aromatic heterocycles. The monoisotopic (exact) mass is 636 g/mol. The van der Waals surface area contributed by atoms with E-state index in [9.17, 15) is 55.9 Å². The Morgan fingerprint density at radius 3 is 1.89 bits per heavy atom. The van der Waals surface area contributed by atoms with E-state index in [4.69, 9.17) is 28.4 Å². The SMILES string of the molecule is COc1cc(C=O)ccc1O[C@@H]1C[C@H](CO)[C@@H](O)[C@H](O[C@@H]2O[C@H](CO)[C@@H](O)[C@H](O[C@@H]3O[C@H](CO)[C@@H](O)[C@H](O)[C@H]3O)[C@H]2O)[C@H]1O. The highest BCUT2D eigenvalue weighted by Gasteiger charge is 2.53. The second kappa shape index (κ2) is 15.0. The highest BCUT2D eigenvalue weighted by Crippen LogP contribution is 2.37. The van der Waals surface area contributed by atoms with Crippen LogP contribution < -0.4 is 9.47 Å². The number of aldehydes is 1. The number of benzene rings is 1. The topological polar surface area (TPSA) is 275 Å². The molecule has 2 heterocycles. The van der Waals surface area contributed by atoms with Gasteiger partial charge in [0.2, 0.25) is 0 Å². The van der Waals surface area contributed by atoms with Gasteiger partial charge < -0.3 is 79.5 Å². The first-order valence-electron chi connectivity index (χ1n) is 14.0. The molecule has 0 unspecified atom stereocenters. The molecule has 2 aliphatic heterocycles. The lowest BCUT2D eigenvalue weighted by Gasteiger charge is -2.48. The van der Waals surface area contributed by atoms with Gasteiger partial charge in [-0.05, 0) is 24.6 Å². The molecular formula is C27H40O17. The molecule has 15 atom stereocenters. The molecule has 0 bridgehead atoms. The van der Waals surface area contributed by atoms with Crippen molar-refractivity contribution < 1.29 is 84.3 Å². The Balaban J connectivity index is 1.54. The molecule has 1 saturated carbocycles. The second-order valence-corrected chi connectivity index (χ2v) is 10.9. The standard InChI is InChI=1S/C27H40O17/c1-39-13-4-10(6-28)2-3-12(13)40-14-5-11(7-29)17(32)24(19(14)34)43-27-23(38)25(20(35)16(9-31)42-27)44-26-22(37)21(36)18(33)15(8-30)41-26/h2-4,6,11,14-27,29-38H,5,7-9H2,1H3/t11-,14-,15-,16-,17-,18-,19+,20-,21+,22-,23-,24+,25+,26+,27+/m1/s1. The minimum atomic E-state index is -1.93. The fraction of sp³-hybridized carbons (Fsp3) is 0.741. The summed E-state index contributed by atoms with van der Waals surface area (Å²) in [5.74, 6) is -0.584. The zero-order valence-corrected chi connectivity index (χ0v) is 23.6. The van der Waals surface area contributed by atoms with E-state index in [0.717, 1.165) is 0 Å². The lowest BCUT2D eigenvalue weighted by atomic mass is 9.81. The van der Waals surface area contributed by atoms with Crippen molar-refractivity contribution in [3.8, 4) is 11.5 Å². The molecule has 3 fully saturated rings. The highest BCUT2D eigenvalue weighted by atomic mass is 16.7. The van der Waals surface area contributed by atoms with Gasteiger partial charge in [-0.25, -0.2) is 0 Å². The summed E-state index contributed by atoms with van der Waals surface area (Å²) in [6, 6.07) is 4.30. The average molecular weight is 637 g/mol. The number of ether oxygens (including phenoxy) is 6. The third kappa shape index (κ3) is 7.01.